The summed E-state index contributed by atoms with van der Waals surface area (Å²) in [5, 5.41) is 11.0. The lowest BCUT2D eigenvalue weighted by atomic mass is 10.1. The van der Waals surface area contributed by atoms with Gasteiger partial charge < -0.3 is 5.32 Å². The number of rotatable bonds is 4. The van der Waals surface area contributed by atoms with Gasteiger partial charge >= 0.3 is 0 Å². The molecular weight excluding hydrogens is 354 g/mol. The van der Waals surface area contributed by atoms with Gasteiger partial charge in [0.05, 0.1) is 16.6 Å². The fourth-order valence-electron chi connectivity index (χ4n) is 2.40. The minimum Gasteiger partial charge on any atom is -0.348 e. The molecule has 1 aromatic heterocycles. The highest BCUT2D eigenvalue weighted by atomic mass is 35.5. The molecule has 3 rings (SSSR count). The van der Waals surface area contributed by atoms with Crippen LogP contribution in [0.1, 0.15) is 18.5 Å². The second-order valence-electron chi connectivity index (χ2n) is 5.31. The van der Waals surface area contributed by atoms with Crippen molar-refractivity contribution in [3.05, 3.63) is 57.8 Å². The number of aromatic nitrogens is 3. The summed E-state index contributed by atoms with van der Waals surface area (Å²) < 4.78 is 15.1. The van der Waals surface area contributed by atoms with Crippen LogP contribution < -0.4 is 5.32 Å². The van der Waals surface area contributed by atoms with E-state index in [1.54, 1.807) is 6.92 Å². The number of nitrogens with one attached hydrogen (secondary N) is 1. The van der Waals surface area contributed by atoms with E-state index in [0.717, 1.165) is 5.52 Å². The van der Waals surface area contributed by atoms with Gasteiger partial charge in [0.15, 0.2) is 0 Å². The number of hydrogen-bond acceptors (Lipinski definition) is 3. The molecule has 0 aliphatic heterocycles. The summed E-state index contributed by atoms with van der Waals surface area (Å²) in [5.41, 5.74) is 1.92. The zero-order chi connectivity index (χ0) is 17.3. The van der Waals surface area contributed by atoms with Crippen molar-refractivity contribution in [3.63, 3.8) is 0 Å². The summed E-state index contributed by atoms with van der Waals surface area (Å²) in [5.74, 6) is -0.871. The number of nitrogens with zero attached hydrogens (tertiary/aromatic N) is 3. The van der Waals surface area contributed by atoms with Crippen LogP contribution in [0.3, 0.4) is 0 Å². The van der Waals surface area contributed by atoms with Crippen molar-refractivity contribution in [2.24, 2.45) is 0 Å². The average Bonchev–Trinajstić information content (AvgIpc) is 2.94. The molecule has 0 fully saturated rings. The van der Waals surface area contributed by atoms with Gasteiger partial charge in [-0.1, -0.05) is 40.5 Å². The van der Waals surface area contributed by atoms with Crippen LogP contribution in [0.15, 0.2) is 36.4 Å². The van der Waals surface area contributed by atoms with E-state index in [9.17, 15) is 9.18 Å². The zero-order valence-electron chi connectivity index (χ0n) is 12.6. The Morgan fingerprint density at radius 3 is 2.83 bits per heavy atom. The SMILES string of the molecule is C[C@H](NC(=O)Cn1nnc2ccccc21)c1cc(F)c(Cl)cc1Cl. The van der Waals surface area contributed by atoms with Crippen molar-refractivity contribution >= 4 is 40.1 Å². The predicted molar refractivity (Wildman–Crippen MR) is 90.5 cm³/mol. The summed E-state index contributed by atoms with van der Waals surface area (Å²) in [6.45, 7) is 1.71. The van der Waals surface area contributed by atoms with Gasteiger partial charge in [-0.05, 0) is 36.8 Å². The number of carbonyl (C=O) groups excluding carboxylic acids is 1. The molecule has 0 spiro atoms. The average molecular weight is 367 g/mol. The topological polar surface area (TPSA) is 59.8 Å². The number of halogens is 3. The van der Waals surface area contributed by atoms with E-state index in [1.807, 2.05) is 24.3 Å². The Morgan fingerprint density at radius 2 is 2.04 bits per heavy atom. The van der Waals surface area contributed by atoms with Crippen LogP contribution in [0, 0.1) is 5.82 Å². The van der Waals surface area contributed by atoms with E-state index in [-0.39, 0.29) is 17.5 Å². The fourth-order valence-corrected chi connectivity index (χ4v) is 2.95. The molecule has 3 aromatic rings. The quantitative estimate of drug-likeness (QED) is 0.715. The summed E-state index contributed by atoms with van der Waals surface area (Å²) in [6.07, 6.45) is 0. The molecule has 0 saturated carbocycles. The molecule has 0 radical (unpaired) electrons. The van der Waals surface area contributed by atoms with Gasteiger partial charge in [-0.15, -0.1) is 5.10 Å². The molecule has 0 aliphatic carbocycles. The molecule has 124 valence electrons. The fraction of sp³-hybridized carbons (Fsp3) is 0.188. The highest BCUT2D eigenvalue weighted by Crippen LogP contribution is 2.28. The smallest absolute Gasteiger partial charge is 0.242 e. The Balaban J connectivity index is 1.74. The number of carbonyl (C=O) groups is 1. The molecule has 0 aliphatic rings. The molecule has 5 nitrogen and oxygen atoms in total. The number of fused-ring (bicyclic) bond motifs is 1. The van der Waals surface area contributed by atoms with Crippen molar-refractivity contribution in [1.29, 1.82) is 0 Å². The maximum Gasteiger partial charge on any atom is 0.242 e. The van der Waals surface area contributed by atoms with Gasteiger partial charge in [0.25, 0.3) is 0 Å². The second-order valence-corrected chi connectivity index (χ2v) is 6.13. The molecule has 0 unspecified atom stereocenters. The van der Waals surface area contributed by atoms with Gasteiger partial charge in [-0.2, -0.15) is 0 Å². The number of amides is 1. The van der Waals surface area contributed by atoms with Gasteiger partial charge in [-0.25, -0.2) is 9.07 Å². The third kappa shape index (κ3) is 3.34. The Hall–Kier alpha value is -2.18. The molecule has 2 aromatic carbocycles. The van der Waals surface area contributed by atoms with Gasteiger partial charge in [-0.3, -0.25) is 4.79 Å². The first-order valence-electron chi connectivity index (χ1n) is 7.17. The summed E-state index contributed by atoms with van der Waals surface area (Å²) >= 11 is 11.8. The van der Waals surface area contributed by atoms with Crippen LogP contribution in [0.5, 0.6) is 0 Å². The number of hydrogen-bond donors (Lipinski definition) is 1. The molecular formula is C16H13Cl2FN4O. The van der Waals surface area contributed by atoms with Crippen LogP contribution in [0.4, 0.5) is 4.39 Å². The van der Waals surface area contributed by atoms with Crippen LogP contribution in [0.2, 0.25) is 10.0 Å². The highest BCUT2D eigenvalue weighted by molar-refractivity contribution is 6.35. The van der Waals surface area contributed by atoms with E-state index in [2.05, 4.69) is 15.6 Å². The highest BCUT2D eigenvalue weighted by Gasteiger charge is 2.16. The minimum atomic E-state index is -0.584. The summed E-state index contributed by atoms with van der Waals surface area (Å²) in [7, 11) is 0. The molecule has 24 heavy (non-hydrogen) atoms. The summed E-state index contributed by atoms with van der Waals surface area (Å²) in [6, 6.07) is 9.40. The molecule has 0 saturated heterocycles. The first kappa shape index (κ1) is 16.7. The molecule has 1 heterocycles. The minimum absolute atomic E-state index is 0.00144. The Bertz CT molecular complexity index is 912. The van der Waals surface area contributed by atoms with E-state index in [4.69, 9.17) is 23.2 Å². The number of para-hydroxylation sites is 1. The van der Waals surface area contributed by atoms with E-state index < -0.39 is 11.9 Å². The van der Waals surface area contributed by atoms with E-state index >= 15 is 0 Å². The normalized spacial score (nSPS) is 12.3. The van der Waals surface area contributed by atoms with Crippen molar-refractivity contribution in [1.82, 2.24) is 20.3 Å². The lowest BCUT2D eigenvalue weighted by Gasteiger charge is -2.16. The first-order valence-corrected chi connectivity index (χ1v) is 7.93. The third-order valence-corrected chi connectivity index (χ3v) is 4.21. The Morgan fingerprint density at radius 1 is 1.29 bits per heavy atom. The Kier molecular flexibility index (Phi) is 4.69. The zero-order valence-corrected chi connectivity index (χ0v) is 14.1. The van der Waals surface area contributed by atoms with Crippen LogP contribution in [-0.4, -0.2) is 20.9 Å². The van der Waals surface area contributed by atoms with Crippen LogP contribution in [0.25, 0.3) is 11.0 Å². The van der Waals surface area contributed by atoms with Crippen LogP contribution >= 0.6 is 23.2 Å². The van der Waals surface area contributed by atoms with Crippen molar-refractivity contribution in [3.8, 4) is 0 Å². The van der Waals surface area contributed by atoms with Gasteiger partial charge in [0.1, 0.15) is 17.9 Å². The molecule has 1 N–H and O–H groups in total. The van der Waals surface area contributed by atoms with Crippen molar-refractivity contribution in [2.75, 3.05) is 0 Å². The van der Waals surface area contributed by atoms with Gasteiger partial charge in [0, 0.05) is 5.02 Å². The lowest BCUT2D eigenvalue weighted by molar-refractivity contribution is -0.122. The third-order valence-electron chi connectivity index (χ3n) is 3.60. The van der Waals surface area contributed by atoms with E-state index in [1.165, 1.54) is 16.8 Å². The lowest BCUT2D eigenvalue weighted by Crippen LogP contribution is -2.30. The number of benzene rings is 2. The van der Waals surface area contributed by atoms with Crippen molar-refractivity contribution < 1.29 is 9.18 Å². The van der Waals surface area contributed by atoms with E-state index in [0.29, 0.717) is 16.1 Å². The maximum absolute atomic E-state index is 13.6. The largest absolute Gasteiger partial charge is 0.348 e. The maximum atomic E-state index is 13.6. The van der Waals surface area contributed by atoms with Crippen molar-refractivity contribution in [2.45, 2.75) is 19.5 Å². The monoisotopic (exact) mass is 366 g/mol. The second kappa shape index (κ2) is 6.75. The standard InChI is InChI=1S/C16H13Cl2FN4O/c1-9(10-6-13(19)12(18)7-11(10)17)20-16(24)8-23-15-5-3-2-4-14(15)21-22-23/h2-7,9H,8H2,1H3,(H,20,24)/t9-/m0/s1. The van der Waals surface area contributed by atoms with Crippen LogP contribution in [-0.2, 0) is 11.3 Å². The molecule has 1 atom stereocenters. The first-order chi connectivity index (χ1) is 11.5. The molecule has 8 heteroatoms. The Labute approximate surface area is 147 Å². The predicted octanol–water partition coefficient (Wildman–Crippen LogP) is 3.75. The molecule has 0 bridgehead atoms. The van der Waals surface area contributed by atoms with Gasteiger partial charge in [0.2, 0.25) is 5.91 Å². The summed E-state index contributed by atoms with van der Waals surface area (Å²) in [4.78, 5) is 12.2. The molecule has 1 amide bonds.